The summed E-state index contributed by atoms with van der Waals surface area (Å²) in [5.74, 6) is 0.736. The van der Waals surface area contributed by atoms with Gasteiger partial charge < -0.3 is 20.7 Å². The highest BCUT2D eigenvalue weighted by atomic mass is 35.5. The summed E-state index contributed by atoms with van der Waals surface area (Å²) in [6, 6.07) is 14.7. The zero-order valence-electron chi connectivity index (χ0n) is 14.4. The van der Waals surface area contributed by atoms with Gasteiger partial charge >= 0.3 is 0 Å². The van der Waals surface area contributed by atoms with Crippen LogP contribution >= 0.6 is 24.8 Å². The Morgan fingerprint density at radius 1 is 1.04 bits per heavy atom. The van der Waals surface area contributed by atoms with Gasteiger partial charge in [-0.2, -0.15) is 0 Å². The minimum Gasteiger partial charge on any atom is -0.492 e. The van der Waals surface area contributed by atoms with Crippen molar-refractivity contribution in [1.82, 2.24) is 4.90 Å². The van der Waals surface area contributed by atoms with E-state index in [4.69, 9.17) is 10.5 Å². The molecule has 0 fully saturated rings. The van der Waals surface area contributed by atoms with Gasteiger partial charge in [-0.15, -0.1) is 24.8 Å². The molecule has 0 aliphatic carbocycles. The molecule has 0 saturated carbocycles. The summed E-state index contributed by atoms with van der Waals surface area (Å²) in [6.45, 7) is 1.50. The van der Waals surface area contributed by atoms with Crippen LogP contribution in [-0.4, -0.2) is 38.1 Å². The largest absolute Gasteiger partial charge is 0.492 e. The molecule has 2 aromatic rings. The van der Waals surface area contributed by atoms with Crippen LogP contribution < -0.4 is 15.8 Å². The lowest BCUT2D eigenvalue weighted by atomic mass is 10.1. The van der Waals surface area contributed by atoms with E-state index < -0.39 is 0 Å². The number of carbonyl (C=O) groups excluding carboxylic acids is 1. The van der Waals surface area contributed by atoms with Gasteiger partial charge in [0.1, 0.15) is 12.4 Å². The quantitative estimate of drug-likeness (QED) is 0.717. The van der Waals surface area contributed by atoms with Gasteiger partial charge in [0.25, 0.3) is 0 Å². The number of benzene rings is 2. The Hall–Kier alpha value is -1.95. The third kappa shape index (κ3) is 8.63. The minimum atomic E-state index is -0.0592. The molecule has 25 heavy (non-hydrogen) atoms. The Morgan fingerprint density at radius 2 is 1.64 bits per heavy atom. The summed E-state index contributed by atoms with van der Waals surface area (Å²) in [5, 5.41) is 2.87. The van der Waals surface area contributed by atoms with Crippen molar-refractivity contribution in [3.63, 3.8) is 0 Å². The van der Waals surface area contributed by atoms with Gasteiger partial charge in [-0.3, -0.25) is 4.79 Å². The topological polar surface area (TPSA) is 67.6 Å². The fraction of sp³-hybridized carbons (Fsp3) is 0.278. The second-order valence-electron chi connectivity index (χ2n) is 5.64. The predicted molar refractivity (Wildman–Crippen MR) is 108 cm³/mol. The van der Waals surface area contributed by atoms with Gasteiger partial charge in [-0.05, 0) is 56.1 Å². The zero-order valence-corrected chi connectivity index (χ0v) is 16.0. The summed E-state index contributed by atoms with van der Waals surface area (Å²) in [6.07, 6.45) is 0.321. The van der Waals surface area contributed by atoms with Crippen LogP contribution in [-0.2, 0) is 11.2 Å². The molecule has 0 atom stereocenters. The van der Waals surface area contributed by atoms with Crippen molar-refractivity contribution in [3.05, 3.63) is 54.1 Å². The molecule has 3 N–H and O–H groups in total. The van der Waals surface area contributed by atoms with Crippen LogP contribution in [0.2, 0.25) is 0 Å². The Labute approximate surface area is 161 Å². The number of nitrogen functional groups attached to an aromatic ring is 1. The van der Waals surface area contributed by atoms with E-state index >= 15 is 0 Å². The summed E-state index contributed by atoms with van der Waals surface area (Å²) in [5.41, 5.74) is 8.01. The van der Waals surface area contributed by atoms with Crippen molar-refractivity contribution in [1.29, 1.82) is 0 Å². The van der Waals surface area contributed by atoms with E-state index in [9.17, 15) is 4.79 Å². The first-order valence-electron chi connectivity index (χ1n) is 7.55. The Kier molecular flexibility index (Phi) is 10.7. The summed E-state index contributed by atoms with van der Waals surface area (Å²) in [4.78, 5) is 14.1. The minimum absolute atomic E-state index is 0. The van der Waals surface area contributed by atoms with E-state index in [0.717, 1.165) is 23.5 Å². The maximum absolute atomic E-state index is 12.0. The number of nitrogens with one attached hydrogen (secondary N) is 1. The molecule has 0 spiro atoms. The monoisotopic (exact) mass is 385 g/mol. The number of carbonyl (C=O) groups is 1. The standard InChI is InChI=1S/C18H23N3O2.2ClH/c1-21(2)11-12-23-17-9-7-16(8-10-17)20-18(22)13-14-3-5-15(19)6-4-14;;/h3-10H,11-13,19H2,1-2H3,(H,20,22);2*1H. The van der Waals surface area contributed by atoms with Gasteiger partial charge in [0.05, 0.1) is 6.42 Å². The summed E-state index contributed by atoms with van der Waals surface area (Å²) < 4.78 is 5.62. The lowest BCUT2D eigenvalue weighted by molar-refractivity contribution is -0.115. The van der Waals surface area contributed by atoms with E-state index in [-0.39, 0.29) is 30.7 Å². The molecule has 2 aromatic carbocycles. The molecular weight excluding hydrogens is 361 g/mol. The maximum Gasteiger partial charge on any atom is 0.228 e. The van der Waals surface area contributed by atoms with E-state index in [1.54, 1.807) is 12.1 Å². The Balaban J connectivity index is 0.00000288. The average Bonchev–Trinajstić information content (AvgIpc) is 2.51. The maximum atomic E-state index is 12.0. The predicted octanol–water partition coefficient (Wildman–Crippen LogP) is 3.23. The molecule has 2 rings (SSSR count). The molecule has 0 radical (unpaired) electrons. The van der Waals surface area contributed by atoms with Crippen LogP contribution in [0.1, 0.15) is 5.56 Å². The molecule has 138 valence electrons. The number of hydrogen-bond acceptors (Lipinski definition) is 4. The third-order valence-electron chi connectivity index (χ3n) is 3.29. The smallest absolute Gasteiger partial charge is 0.228 e. The lowest BCUT2D eigenvalue weighted by Gasteiger charge is -2.11. The van der Waals surface area contributed by atoms with Crippen LogP contribution in [0.3, 0.4) is 0 Å². The molecule has 0 bridgehead atoms. The van der Waals surface area contributed by atoms with E-state index in [1.165, 1.54) is 0 Å². The van der Waals surface area contributed by atoms with Crippen LogP contribution in [0, 0.1) is 0 Å². The van der Waals surface area contributed by atoms with E-state index in [0.29, 0.717) is 18.7 Å². The Morgan fingerprint density at radius 3 is 2.20 bits per heavy atom. The number of hydrogen-bond donors (Lipinski definition) is 2. The number of halogens is 2. The number of nitrogens with zero attached hydrogens (tertiary/aromatic N) is 1. The third-order valence-corrected chi connectivity index (χ3v) is 3.29. The molecule has 7 heteroatoms. The van der Waals surface area contributed by atoms with Gasteiger partial charge in [0.15, 0.2) is 0 Å². The molecular formula is C18H25Cl2N3O2. The molecule has 0 aliphatic rings. The van der Waals surface area contributed by atoms with Crippen molar-refractivity contribution in [2.24, 2.45) is 0 Å². The van der Waals surface area contributed by atoms with Crippen LogP contribution in [0.4, 0.5) is 11.4 Å². The summed E-state index contributed by atoms with van der Waals surface area (Å²) >= 11 is 0. The van der Waals surface area contributed by atoms with Gasteiger partial charge in [0, 0.05) is 17.9 Å². The van der Waals surface area contributed by atoms with Crippen molar-refractivity contribution < 1.29 is 9.53 Å². The molecule has 0 unspecified atom stereocenters. The first-order valence-corrected chi connectivity index (χ1v) is 7.55. The number of anilines is 2. The van der Waals surface area contributed by atoms with Crippen molar-refractivity contribution >= 4 is 42.1 Å². The lowest BCUT2D eigenvalue weighted by Crippen LogP contribution is -2.19. The fourth-order valence-corrected chi connectivity index (χ4v) is 2.01. The number of likely N-dealkylation sites (N-methyl/N-ethyl adjacent to an activating group) is 1. The molecule has 1 amide bonds. The molecule has 0 aliphatic heterocycles. The number of amides is 1. The average molecular weight is 386 g/mol. The second-order valence-corrected chi connectivity index (χ2v) is 5.64. The van der Waals surface area contributed by atoms with Crippen molar-refractivity contribution in [2.75, 3.05) is 38.3 Å². The highest BCUT2D eigenvalue weighted by Crippen LogP contribution is 2.16. The normalized spacial score (nSPS) is 9.72. The van der Waals surface area contributed by atoms with E-state index in [2.05, 4.69) is 10.2 Å². The first-order chi connectivity index (χ1) is 11.0. The van der Waals surface area contributed by atoms with Gasteiger partial charge in [-0.1, -0.05) is 12.1 Å². The molecule has 0 heterocycles. The van der Waals surface area contributed by atoms with Crippen LogP contribution in [0.5, 0.6) is 5.75 Å². The zero-order chi connectivity index (χ0) is 16.7. The number of ether oxygens (including phenoxy) is 1. The van der Waals surface area contributed by atoms with E-state index in [1.807, 2.05) is 50.5 Å². The van der Waals surface area contributed by atoms with Gasteiger partial charge in [0.2, 0.25) is 5.91 Å². The van der Waals surface area contributed by atoms with Crippen molar-refractivity contribution in [3.8, 4) is 5.75 Å². The highest BCUT2D eigenvalue weighted by molar-refractivity contribution is 5.92. The second kappa shape index (κ2) is 11.6. The molecule has 0 saturated heterocycles. The molecule has 5 nitrogen and oxygen atoms in total. The Bertz CT molecular complexity index is 632. The SMILES string of the molecule is CN(C)CCOc1ccc(NC(=O)Cc2ccc(N)cc2)cc1.Cl.Cl. The highest BCUT2D eigenvalue weighted by Gasteiger charge is 2.04. The first kappa shape index (κ1) is 23.1. The van der Waals surface area contributed by atoms with Crippen LogP contribution in [0.15, 0.2) is 48.5 Å². The summed E-state index contributed by atoms with van der Waals surface area (Å²) in [7, 11) is 4.01. The molecule has 0 aromatic heterocycles. The van der Waals surface area contributed by atoms with Crippen molar-refractivity contribution in [2.45, 2.75) is 6.42 Å². The number of nitrogens with two attached hydrogens (primary N) is 1. The fourth-order valence-electron chi connectivity index (χ4n) is 2.01. The van der Waals surface area contributed by atoms with Gasteiger partial charge in [-0.25, -0.2) is 0 Å². The van der Waals surface area contributed by atoms with Crippen LogP contribution in [0.25, 0.3) is 0 Å². The number of rotatable bonds is 7.